The van der Waals surface area contributed by atoms with E-state index in [0.717, 1.165) is 41.1 Å². The maximum atomic E-state index is 12.2. The van der Waals surface area contributed by atoms with Crippen molar-refractivity contribution < 1.29 is 14.8 Å². The van der Waals surface area contributed by atoms with E-state index in [9.17, 15) is 9.90 Å². The Morgan fingerprint density at radius 3 is 2.46 bits per heavy atom. The number of anilines is 2. The number of hydrogen-bond acceptors (Lipinski definition) is 3. The molecule has 1 aliphatic heterocycles. The van der Waals surface area contributed by atoms with Crippen LogP contribution in [0.15, 0.2) is 48.5 Å². The summed E-state index contributed by atoms with van der Waals surface area (Å²) in [5, 5.41) is 12.9. The molecule has 5 nitrogen and oxygen atoms in total. The lowest BCUT2D eigenvalue weighted by Crippen LogP contribution is -3.15. The minimum Gasteiger partial charge on any atom is -0.506 e. The minimum absolute atomic E-state index is 0.0437. The van der Waals surface area contributed by atoms with Crippen molar-refractivity contribution in [1.29, 1.82) is 0 Å². The van der Waals surface area contributed by atoms with Crippen molar-refractivity contribution in [3.63, 3.8) is 0 Å². The van der Waals surface area contributed by atoms with Crippen molar-refractivity contribution in [3.05, 3.63) is 52.1 Å². The summed E-state index contributed by atoms with van der Waals surface area (Å²) < 4.78 is 1.15. The van der Waals surface area contributed by atoms with E-state index in [1.807, 2.05) is 42.5 Å². The number of rotatable bonds is 4. The predicted molar refractivity (Wildman–Crippen MR) is 104 cm³/mol. The number of phenols is 1. The van der Waals surface area contributed by atoms with E-state index in [0.29, 0.717) is 12.3 Å². The third-order valence-corrected chi connectivity index (χ3v) is 4.95. The van der Waals surface area contributed by atoms with Crippen LogP contribution < -0.4 is 15.1 Å². The highest BCUT2D eigenvalue weighted by atomic mass is 127. The molecular weight excluding hydrogens is 417 g/mol. The zero-order valence-electron chi connectivity index (χ0n) is 13.3. The molecule has 0 aliphatic carbocycles. The molecule has 24 heavy (non-hydrogen) atoms. The van der Waals surface area contributed by atoms with E-state index in [-0.39, 0.29) is 5.91 Å². The number of benzene rings is 2. The highest BCUT2D eigenvalue weighted by Gasteiger charge is 2.23. The van der Waals surface area contributed by atoms with Gasteiger partial charge in [0.05, 0.1) is 31.9 Å². The summed E-state index contributed by atoms with van der Waals surface area (Å²) in [6, 6.07) is 15.2. The van der Waals surface area contributed by atoms with Crippen molar-refractivity contribution >= 4 is 39.9 Å². The molecule has 0 unspecified atom stereocenters. The van der Waals surface area contributed by atoms with Crippen LogP contribution in [0.5, 0.6) is 5.75 Å². The van der Waals surface area contributed by atoms with Crippen molar-refractivity contribution in [2.24, 2.45) is 0 Å². The monoisotopic (exact) mass is 438 g/mol. The van der Waals surface area contributed by atoms with Gasteiger partial charge >= 0.3 is 0 Å². The van der Waals surface area contributed by atoms with E-state index in [1.54, 1.807) is 6.07 Å². The Bertz CT molecular complexity index is 698. The maximum absolute atomic E-state index is 12.2. The molecule has 1 heterocycles. The molecule has 126 valence electrons. The van der Waals surface area contributed by atoms with Crippen LogP contribution in [0.1, 0.15) is 0 Å². The molecule has 1 amide bonds. The van der Waals surface area contributed by atoms with E-state index in [1.165, 1.54) is 4.90 Å². The summed E-state index contributed by atoms with van der Waals surface area (Å²) in [7, 11) is 0. The fraction of sp³-hybridized carbons (Fsp3) is 0.278. The van der Waals surface area contributed by atoms with Crippen molar-refractivity contribution in [3.8, 4) is 5.75 Å². The lowest BCUT2D eigenvalue weighted by Gasteiger charge is -2.33. The zero-order chi connectivity index (χ0) is 16.9. The molecule has 2 aromatic rings. The number of para-hydroxylation sites is 2. The molecule has 1 saturated heterocycles. The molecule has 3 N–H and O–H groups in total. The first-order chi connectivity index (χ1) is 11.6. The van der Waals surface area contributed by atoms with Crippen LogP contribution in [-0.2, 0) is 4.79 Å². The second-order valence-corrected chi connectivity index (χ2v) is 7.20. The first-order valence-corrected chi connectivity index (χ1v) is 9.11. The third-order valence-electron chi connectivity index (χ3n) is 4.23. The number of phenolic OH excluding ortho intramolecular Hbond substituents is 1. The molecule has 0 saturated carbocycles. The van der Waals surface area contributed by atoms with E-state index < -0.39 is 0 Å². The Hall–Kier alpha value is -1.80. The van der Waals surface area contributed by atoms with Gasteiger partial charge in [-0.05, 0) is 59.0 Å². The van der Waals surface area contributed by atoms with Gasteiger partial charge in [-0.3, -0.25) is 4.79 Å². The summed E-state index contributed by atoms with van der Waals surface area (Å²) in [6.45, 7) is 3.91. The van der Waals surface area contributed by atoms with Gasteiger partial charge in [-0.2, -0.15) is 0 Å². The van der Waals surface area contributed by atoms with Crippen LogP contribution in [0.4, 0.5) is 11.4 Å². The summed E-state index contributed by atoms with van der Waals surface area (Å²) in [4.78, 5) is 15.6. The lowest BCUT2D eigenvalue weighted by atomic mass is 10.2. The summed E-state index contributed by atoms with van der Waals surface area (Å²) in [5.41, 5.74) is 1.72. The van der Waals surface area contributed by atoms with Crippen LogP contribution in [0.2, 0.25) is 0 Å². The molecule has 0 atom stereocenters. The number of quaternary nitrogens is 1. The Kier molecular flexibility index (Phi) is 5.57. The van der Waals surface area contributed by atoms with Crippen LogP contribution in [0.25, 0.3) is 0 Å². The molecule has 2 aromatic carbocycles. The molecular formula is C18H21IN3O2+. The van der Waals surface area contributed by atoms with Crippen LogP contribution in [-0.4, -0.2) is 43.7 Å². The Morgan fingerprint density at radius 1 is 1.12 bits per heavy atom. The van der Waals surface area contributed by atoms with Gasteiger partial charge in [0.25, 0.3) is 5.91 Å². The van der Waals surface area contributed by atoms with Crippen molar-refractivity contribution in [1.82, 2.24) is 0 Å². The Morgan fingerprint density at radius 2 is 1.79 bits per heavy atom. The maximum Gasteiger partial charge on any atom is 0.279 e. The van der Waals surface area contributed by atoms with Gasteiger partial charge < -0.3 is 20.2 Å². The average Bonchev–Trinajstić information content (AvgIpc) is 2.58. The molecule has 1 fully saturated rings. The fourth-order valence-corrected chi connectivity index (χ4v) is 3.30. The number of carbonyl (C=O) groups excluding carboxylic acids is 1. The zero-order valence-corrected chi connectivity index (χ0v) is 15.5. The number of nitrogens with one attached hydrogen (secondary N) is 2. The van der Waals surface area contributed by atoms with Gasteiger partial charge in [0.1, 0.15) is 5.75 Å². The second-order valence-electron chi connectivity index (χ2n) is 5.96. The normalized spacial score (nSPS) is 15.3. The minimum atomic E-state index is 0.0437. The molecule has 1 aliphatic rings. The summed E-state index contributed by atoms with van der Waals surface area (Å²) in [5.74, 6) is 0.361. The fourth-order valence-electron chi connectivity index (χ4n) is 2.94. The molecule has 6 heteroatoms. The quantitative estimate of drug-likeness (QED) is 0.632. The number of piperazine rings is 1. The molecule has 0 aromatic heterocycles. The highest BCUT2D eigenvalue weighted by Crippen LogP contribution is 2.25. The number of halogens is 1. The second kappa shape index (κ2) is 7.85. The van der Waals surface area contributed by atoms with Crippen LogP contribution in [0.3, 0.4) is 0 Å². The standard InChI is InChI=1S/C18H20IN3O2/c19-14-5-7-15(8-6-14)20-18(24)13-21-9-11-22(12-10-21)16-3-1-2-4-17(16)23/h1-8,23H,9-13H2,(H,20,24)/p+1. The number of aromatic hydroxyl groups is 1. The highest BCUT2D eigenvalue weighted by molar-refractivity contribution is 14.1. The number of amides is 1. The summed E-state index contributed by atoms with van der Waals surface area (Å²) in [6.07, 6.45) is 0. The van der Waals surface area contributed by atoms with Gasteiger partial charge in [-0.1, -0.05) is 12.1 Å². The van der Waals surface area contributed by atoms with Gasteiger partial charge in [0, 0.05) is 9.26 Å². The van der Waals surface area contributed by atoms with Gasteiger partial charge in [0.2, 0.25) is 0 Å². The van der Waals surface area contributed by atoms with E-state index in [2.05, 4.69) is 32.8 Å². The largest absolute Gasteiger partial charge is 0.506 e. The van der Waals surface area contributed by atoms with E-state index >= 15 is 0 Å². The first-order valence-electron chi connectivity index (χ1n) is 8.04. The molecule has 0 bridgehead atoms. The Labute approximate surface area is 155 Å². The average molecular weight is 438 g/mol. The lowest BCUT2D eigenvalue weighted by molar-refractivity contribution is -0.892. The molecule has 0 radical (unpaired) electrons. The molecule has 3 rings (SSSR count). The number of hydrogen-bond donors (Lipinski definition) is 3. The smallest absolute Gasteiger partial charge is 0.279 e. The number of carbonyl (C=O) groups is 1. The molecule has 0 spiro atoms. The topological polar surface area (TPSA) is 57.0 Å². The Balaban J connectivity index is 1.49. The third kappa shape index (κ3) is 4.39. The van der Waals surface area contributed by atoms with Crippen molar-refractivity contribution in [2.45, 2.75) is 0 Å². The SMILES string of the molecule is O=C(C[NH+]1CCN(c2ccccc2O)CC1)Nc1ccc(I)cc1. The first kappa shape index (κ1) is 17.0. The van der Waals surface area contributed by atoms with Crippen molar-refractivity contribution in [2.75, 3.05) is 42.9 Å². The van der Waals surface area contributed by atoms with Gasteiger partial charge in [-0.25, -0.2) is 0 Å². The van der Waals surface area contributed by atoms with Gasteiger partial charge in [-0.15, -0.1) is 0 Å². The van der Waals surface area contributed by atoms with Gasteiger partial charge in [0.15, 0.2) is 6.54 Å². The van der Waals surface area contributed by atoms with Crippen LogP contribution in [0, 0.1) is 3.57 Å². The van der Waals surface area contributed by atoms with E-state index in [4.69, 9.17) is 0 Å². The predicted octanol–water partition coefficient (Wildman–Crippen LogP) is 1.34. The van der Waals surface area contributed by atoms with Crippen LogP contribution >= 0.6 is 22.6 Å². The number of nitrogens with zero attached hydrogens (tertiary/aromatic N) is 1. The summed E-state index contributed by atoms with van der Waals surface area (Å²) >= 11 is 2.24.